The molecule has 0 fully saturated rings. The molecule has 0 bridgehead atoms. The zero-order valence-corrected chi connectivity index (χ0v) is 12.1. The molecule has 0 unspecified atom stereocenters. The highest BCUT2D eigenvalue weighted by Crippen LogP contribution is 2.25. The van der Waals surface area contributed by atoms with Crippen molar-refractivity contribution in [3.63, 3.8) is 0 Å². The van der Waals surface area contributed by atoms with E-state index < -0.39 is 17.9 Å². The van der Waals surface area contributed by atoms with Gasteiger partial charge in [-0.15, -0.1) is 0 Å². The minimum Gasteiger partial charge on any atom is -0.488 e. The second-order valence-electron chi connectivity index (χ2n) is 5.49. The molecule has 112 valence electrons. The van der Waals surface area contributed by atoms with Gasteiger partial charge in [-0.2, -0.15) is 0 Å². The fourth-order valence-corrected chi connectivity index (χ4v) is 2.19. The predicted molar refractivity (Wildman–Crippen MR) is 78.9 cm³/mol. The summed E-state index contributed by atoms with van der Waals surface area (Å²) in [7, 11) is 0. The van der Waals surface area contributed by atoms with Crippen LogP contribution in [0.3, 0.4) is 0 Å². The second kappa shape index (κ2) is 6.43. The van der Waals surface area contributed by atoms with E-state index in [1.165, 1.54) is 0 Å². The molecule has 0 saturated heterocycles. The van der Waals surface area contributed by atoms with Crippen LogP contribution in [0.2, 0.25) is 0 Å². The number of carbonyl (C=O) groups excluding carboxylic acids is 1. The first-order valence-electron chi connectivity index (χ1n) is 6.93. The van der Waals surface area contributed by atoms with E-state index in [2.05, 4.69) is 5.32 Å². The van der Waals surface area contributed by atoms with E-state index in [0.717, 1.165) is 11.3 Å². The van der Waals surface area contributed by atoms with Gasteiger partial charge in [0.1, 0.15) is 18.4 Å². The van der Waals surface area contributed by atoms with Crippen molar-refractivity contribution >= 4 is 18.0 Å². The van der Waals surface area contributed by atoms with Crippen LogP contribution in [0.5, 0.6) is 5.75 Å². The molecule has 1 amide bonds. The van der Waals surface area contributed by atoms with Crippen molar-refractivity contribution in [2.45, 2.75) is 26.3 Å². The molecule has 2 N–H and O–H groups in total. The number of aliphatic carboxylic acids is 1. The number of carboxylic acid groups (broad SMARTS) is 1. The van der Waals surface area contributed by atoms with Crippen molar-refractivity contribution in [1.29, 1.82) is 0 Å². The van der Waals surface area contributed by atoms with E-state index in [9.17, 15) is 9.59 Å². The average Bonchev–Trinajstić information content (AvgIpc) is 2.45. The maximum atomic E-state index is 12.2. The molecular formula is C16H19NO4. The minimum absolute atomic E-state index is 0.150. The number of hydrogen-bond acceptors (Lipinski definition) is 3. The molecular weight excluding hydrogens is 270 g/mol. The SMILES string of the molecule is CC(C)C[C@H](NC(=O)C1=Cc2ccccc2OC1)C(=O)O. The molecule has 5 heteroatoms. The number of amides is 1. The molecule has 21 heavy (non-hydrogen) atoms. The summed E-state index contributed by atoms with van der Waals surface area (Å²) in [6, 6.07) is 6.53. The van der Waals surface area contributed by atoms with Crippen LogP contribution >= 0.6 is 0 Å². The van der Waals surface area contributed by atoms with Gasteiger partial charge in [-0.25, -0.2) is 4.79 Å². The van der Waals surface area contributed by atoms with Gasteiger partial charge in [0, 0.05) is 5.56 Å². The third-order valence-electron chi connectivity index (χ3n) is 3.23. The first-order valence-corrected chi connectivity index (χ1v) is 6.93. The Hall–Kier alpha value is -2.30. The Morgan fingerprint density at radius 2 is 2.05 bits per heavy atom. The van der Waals surface area contributed by atoms with Crippen LogP contribution in [-0.4, -0.2) is 29.6 Å². The number of hydrogen-bond donors (Lipinski definition) is 2. The maximum Gasteiger partial charge on any atom is 0.326 e. The quantitative estimate of drug-likeness (QED) is 0.870. The Labute approximate surface area is 123 Å². The molecule has 0 radical (unpaired) electrons. The number of rotatable bonds is 5. The van der Waals surface area contributed by atoms with Gasteiger partial charge in [-0.1, -0.05) is 32.0 Å². The highest BCUT2D eigenvalue weighted by Gasteiger charge is 2.24. The van der Waals surface area contributed by atoms with Crippen LogP contribution in [-0.2, 0) is 9.59 Å². The number of benzene rings is 1. The van der Waals surface area contributed by atoms with Gasteiger partial charge in [-0.3, -0.25) is 4.79 Å². The minimum atomic E-state index is -1.02. The second-order valence-corrected chi connectivity index (χ2v) is 5.49. The number of para-hydroxylation sites is 1. The van der Waals surface area contributed by atoms with Crippen LogP contribution < -0.4 is 10.1 Å². The number of carbonyl (C=O) groups is 2. The van der Waals surface area contributed by atoms with Gasteiger partial charge in [-0.05, 0) is 24.5 Å². The fraction of sp³-hybridized carbons (Fsp3) is 0.375. The summed E-state index contributed by atoms with van der Waals surface area (Å²) in [6.07, 6.45) is 2.13. The molecule has 1 aromatic carbocycles. The Bertz CT molecular complexity index is 577. The Morgan fingerprint density at radius 1 is 1.33 bits per heavy atom. The van der Waals surface area contributed by atoms with Crippen molar-refractivity contribution in [2.75, 3.05) is 6.61 Å². The zero-order chi connectivity index (χ0) is 15.4. The van der Waals surface area contributed by atoms with Crippen molar-refractivity contribution < 1.29 is 19.4 Å². The Balaban J connectivity index is 2.10. The standard InChI is InChI=1S/C16H19NO4/c1-10(2)7-13(16(19)20)17-15(18)12-8-11-5-3-4-6-14(11)21-9-12/h3-6,8,10,13H,7,9H2,1-2H3,(H,17,18)(H,19,20)/t13-/m0/s1. The van der Waals surface area contributed by atoms with Crippen LogP contribution in [0.25, 0.3) is 6.08 Å². The average molecular weight is 289 g/mol. The first-order chi connectivity index (χ1) is 9.97. The smallest absolute Gasteiger partial charge is 0.326 e. The number of carboxylic acids is 1. The van der Waals surface area contributed by atoms with E-state index in [-0.39, 0.29) is 12.5 Å². The van der Waals surface area contributed by atoms with Crippen LogP contribution in [0.15, 0.2) is 29.8 Å². The largest absolute Gasteiger partial charge is 0.488 e. The topological polar surface area (TPSA) is 75.6 Å². The molecule has 1 aromatic rings. The van der Waals surface area contributed by atoms with Gasteiger partial charge in [0.2, 0.25) is 0 Å². The number of nitrogens with one attached hydrogen (secondary N) is 1. The molecule has 0 aliphatic carbocycles. The monoisotopic (exact) mass is 289 g/mol. The molecule has 1 aliphatic rings. The van der Waals surface area contributed by atoms with E-state index in [1.807, 2.05) is 38.1 Å². The Morgan fingerprint density at radius 3 is 2.71 bits per heavy atom. The van der Waals surface area contributed by atoms with Gasteiger partial charge in [0.05, 0.1) is 5.57 Å². The van der Waals surface area contributed by atoms with Crippen molar-refractivity contribution in [2.24, 2.45) is 5.92 Å². The fourth-order valence-electron chi connectivity index (χ4n) is 2.19. The Kier molecular flexibility index (Phi) is 4.62. The third-order valence-corrected chi connectivity index (χ3v) is 3.23. The normalized spacial score (nSPS) is 14.7. The van der Waals surface area contributed by atoms with E-state index in [0.29, 0.717) is 12.0 Å². The highest BCUT2D eigenvalue weighted by atomic mass is 16.5. The molecule has 5 nitrogen and oxygen atoms in total. The lowest BCUT2D eigenvalue weighted by Gasteiger charge is -2.20. The van der Waals surface area contributed by atoms with Crippen molar-refractivity contribution in [3.8, 4) is 5.75 Å². The molecule has 1 heterocycles. The van der Waals surface area contributed by atoms with E-state index >= 15 is 0 Å². The van der Waals surface area contributed by atoms with Crippen molar-refractivity contribution in [3.05, 3.63) is 35.4 Å². The molecule has 1 atom stereocenters. The summed E-state index contributed by atoms with van der Waals surface area (Å²) in [5.74, 6) is -0.498. The molecule has 0 saturated carbocycles. The van der Waals surface area contributed by atoms with Gasteiger partial charge < -0.3 is 15.2 Å². The third kappa shape index (κ3) is 3.84. The van der Waals surface area contributed by atoms with Gasteiger partial charge >= 0.3 is 5.97 Å². The molecule has 0 aromatic heterocycles. The lowest BCUT2D eigenvalue weighted by molar-refractivity contribution is -0.141. The van der Waals surface area contributed by atoms with Crippen molar-refractivity contribution in [1.82, 2.24) is 5.32 Å². The summed E-state index contributed by atoms with van der Waals surface area (Å²) >= 11 is 0. The molecule has 1 aliphatic heterocycles. The van der Waals surface area contributed by atoms with Crippen LogP contribution in [0, 0.1) is 5.92 Å². The van der Waals surface area contributed by atoms with Gasteiger partial charge in [0.15, 0.2) is 0 Å². The van der Waals surface area contributed by atoms with E-state index in [1.54, 1.807) is 6.08 Å². The molecule has 0 spiro atoms. The number of ether oxygens (including phenoxy) is 1. The summed E-state index contributed by atoms with van der Waals surface area (Å²) in [6.45, 7) is 3.99. The van der Waals surface area contributed by atoms with E-state index in [4.69, 9.17) is 9.84 Å². The van der Waals surface area contributed by atoms with Gasteiger partial charge in [0.25, 0.3) is 5.91 Å². The lowest BCUT2D eigenvalue weighted by atomic mass is 10.0. The molecule has 2 rings (SSSR count). The summed E-state index contributed by atoms with van der Waals surface area (Å²) < 4.78 is 5.50. The summed E-state index contributed by atoms with van der Waals surface area (Å²) in [5.41, 5.74) is 1.26. The van der Waals surface area contributed by atoms with Crippen LogP contribution in [0.4, 0.5) is 0 Å². The first kappa shape index (κ1) is 15.1. The zero-order valence-electron chi connectivity index (χ0n) is 12.1. The predicted octanol–water partition coefficient (Wildman–Crippen LogP) is 2.08. The summed E-state index contributed by atoms with van der Waals surface area (Å²) in [4.78, 5) is 23.4. The highest BCUT2D eigenvalue weighted by molar-refractivity contribution is 6.00. The number of fused-ring (bicyclic) bond motifs is 1. The summed E-state index contributed by atoms with van der Waals surface area (Å²) in [5, 5.41) is 11.7. The maximum absolute atomic E-state index is 12.2. The lowest BCUT2D eigenvalue weighted by Crippen LogP contribution is -2.43. The van der Waals surface area contributed by atoms with Crippen LogP contribution in [0.1, 0.15) is 25.8 Å².